The molecule has 0 spiro atoms. The Balaban J connectivity index is 1.76. The summed E-state index contributed by atoms with van der Waals surface area (Å²) < 4.78 is 1.88. The largest absolute Gasteiger partial charge is 0.321 e. The molecule has 116 valence electrons. The Morgan fingerprint density at radius 1 is 1.04 bits per heavy atom. The van der Waals surface area contributed by atoms with Crippen LogP contribution in [0, 0.1) is 20.8 Å². The molecule has 2 aromatic heterocycles. The molecule has 5 heteroatoms. The van der Waals surface area contributed by atoms with E-state index in [1.165, 1.54) is 5.56 Å². The highest BCUT2D eigenvalue weighted by Gasteiger charge is 2.08. The maximum Gasteiger partial charge on any atom is 0.255 e. The van der Waals surface area contributed by atoms with Gasteiger partial charge in [0, 0.05) is 18.0 Å². The molecule has 0 aliphatic rings. The van der Waals surface area contributed by atoms with E-state index in [0.717, 1.165) is 17.2 Å². The Kier molecular flexibility index (Phi) is 3.93. The number of carbonyl (C=O) groups excluding carboxylic acids is 1. The first kappa shape index (κ1) is 15.0. The van der Waals surface area contributed by atoms with Gasteiger partial charge in [-0.2, -0.15) is 0 Å². The lowest BCUT2D eigenvalue weighted by Crippen LogP contribution is -2.12. The van der Waals surface area contributed by atoms with Crippen molar-refractivity contribution in [3.8, 4) is 5.82 Å². The molecule has 0 fully saturated rings. The van der Waals surface area contributed by atoms with Crippen molar-refractivity contribution in [3.63, 3.8) is 0 Å². The molecule has 1 amide bonds. The average Bonchev–Trinajstić information content (AvgIpc) is 2.97. The highest BCUT2D eigenvalue weighted by Crippen LogP contribution is 2.14. The van der Waals surface area contributed by atoms with Crippen LogP contribution in [0.15, 0.2) is 48.9 Å². The normalized spacial score (nSPS) is 10.6. The van der Waals surface area contributed by atoms with E-state index in [0.29, 0.717) is 11.3 Å². The monoisotopic (exact) mass is 306 g/mol. The summed E-state index contributed by atoms with van der Waals surface area (Å²) >= 11 is 0. The molecule has 0 atom stereocenters. The highest BCUT2D eigenvalue weighted by atomic mass is 16.1. The van der Waals surface area contributed by atoms with Crippen LogP contribution in [0.1, 0.15) is 27.3 Å². The van der Waals surface area contributed by atoms with E-state index >= 15 is 0 Å². The molecule has 3 rings (SSSR count). The summed E-state index contributed by atoms with van der Waals surface area (Å²) in [6.07, 6.45) is 5.23. The fraction of sp³-hybridized carbons (Fsp3) is 0.167. The Bertz CT molecular complexity index is 850. The zero-order valence-corrected chi connectivity index (χ0v) is 13.4. The van der Waals surface area contributed by atoms with Crippen molar-refractivity contribution >= 4 is 11.6 Å². The van der Waals surface area contributed by atoms with E-state index in [2.05, 4.69) is 15.3 Å². The molecule has 1 aromatic carbocycles. The van der Waals surface area contributed by atoms with Gasteiger partial charge in [0.25, 0.3) is 5.91 Å². The zero-order valence-electron chi connectivity index (χ0n) is 13.4. The molecule has 0 saturated carbocycles. The van der Waals surface area contributed by atoms with E-state index in [-0.39, 0.29) is 5.91 Å². The van der Waals surface area contributed by atoms with Crippen LogP contribution in [0.25, 0.3) is 5.82 Å². The predicted molar refractivity (Wildman–Crippen MR) is 90.0 cm³/mol. The molecule has 0 aliphatic heterocycles. The number of anilines is 1. The summed E-state index contributed by atoms with van der Waals surface area (Å²) in [6.45, 7) is 5.94. The molecule has 3 aromatic rings. The van der Waals surface area contributed by atoms with Crippen LogP contribution in [-0.4, -0.2) is 20.4 Å². The number of hydrogen-bond donors (Lipinski definition) is 1. The molecule has 0 bridgehead atoms. The number of aryl methyl sites for hydroxylation is 3. The third kappa shape index (κ3) is 3.13. The van der Waals surface area contributed by atoms with Crippen molar-refractivity contribution in [2.45, 2.75) is 20.8 Å². The number of pyridine rings is 1. The second-order valence-corrected chi connectivity index (χ2v) is 5.50. The average molecular weight is 306 g/mol. The number of nitrogens with one attached hydrogen (secondary N) is 1. The van der Waals surface area contributed by atoms with Gasteiger partial charge in [0.15, 0.2) is 0 Å². The summed E-state index contributed by atoms with van der Waals surface area (Å²) in [5.74, 6) is 1.50. The molecule has 23 heavy (non-hydrogen) atoms. The summed E-state index contributed by atoms with van der Waals surface area (Å²) in [6, 6.07) is 9.36. The Morgan fingerprint density at radius 2 is 1.87 bits per heavy atom. The van der Waals surface area contributed by atoms with E-state index in [4.69, 9.17) is 0 Å². The fourth-order valence-corrected chi connectivity index (χ4v) is 2.31. The first-order chi connectivity index (χ1) is 11.0. The number of rotatable bonds is 3. The van der Waals surface area contributed by atoms with Crippen LogP contribution in [0.2, 0.25) is 0 Å². The Hall–Kier alpha value is -2.95. The van der Waals surface area contributed by atoms with Crippen LogP contribution >= 0.6 is 0 Å². The van der Waals surface area contributed by atoms with E-state index in [1.807, 2.05) is 61.9 Å². The molecular formula is C18H18N4O. The molecule has 1 N–H and O–H groups in total. The zero-order chi connectivity index (χ0) is 16.4. The molecular weight excluding hydrogens is 288 g/mol. The van der Waals surface area contributed by atoms with Gasteiger partial charge in [0.2, 0.25) is 0 Å². The second-order valence-electron chi connectivity index (χ2n) is 5.50. The minimum atomic E-state index is -0.138. The Labute approximate surface area is 135 Å². The van der Waals surface area contributed by atoms with Crippen LogP contribution in [0.3, 0.4) is 0 Å². The van der Waals surface area contributed by atoms with Crippen LogP contribution in [0.4, 0.5) is 5.69 Å². The molecule has 0 aliphatic carbocycles. The topological polar surface area (TPSA) is 59.8 Å². The first-order valence-corrected chi connectivity index (χ1v) is 7.39. The molecule has 0 radical (unpaired) electrons. The van der Waals surface area contributed by atoms with Gasteiger partial charge >= 0.3 is 0 Å². The number of benzene rings is 1. The van der Waals surface area contributed by atoms with Crippen molar-refractivity contribution in [2.75, 3.05) is 5.32 Å². The van der Waals surface area contributed by atoms with Crippen LogP contribution in [-0.2, 0) is 0 Å². The summed E-state index contributed by atoms with van der Waals surface area (Å²) in [5, 5.41) is 2.87. The minimum absolute atomic E-state index is 0.138. The smallest absolute Gasteiger partial charge is 0.255 e. The van der Waals surface area contributed by atoms with Crippen molar-refractivity contribution < 1.29 is 4.79 Å². The van der Waals surface area contributed by atoms with Gasteiger partial charge in [-0.15, -0.1) is 0 Å². The lowest BCUT2D eigenvalue weighted by Gasteiger charge is -2.08. The van der Waals surface area contributed by atoms with Crippen molar-refractivity contribution in [1.82, 2.24) is 14.5 Å². The summed E-state index contributed by atoms with van der Waals surface area (Å²) in [5.41, 5.74) is 3.57. The van der Waals surface area contributed by atoms with Gasteiger partial charge < -0.3 is 5.32 Å². The number of hydrogen-bond acceptors (Lipinski definition) is 3. The van der Waals surface area contributed by atoms with Gasteiger partial charge in [-0.05, 0) is 56.2 Å². The van der Waals surface area contributed by atoms with Gasteiger partial charge in [-0.1, -0.05) is 6.07 Å². The Morgan fingerprint density at radius 3 is 2.48 bits per heavy atom. The first-order valence-electron chi connectivity index (χ1n) is 7.39. The minimum Gasteiger partial charge on any atom is -0.321 e. The standard InChI is InChI=1S/C18H18N4O/c1-12-4-5-15(10-13(12)2)18(23)21-16-6-7-17(20-11-16)22-9-8-19-14(22)3/h4-11H,1-3H3,(H,21,23). The van der Waals surface area contributed by atoms with Crippen molar-refractivity contribution in [2.24, 2.45) is 0 Å². The van der Waals surface area contributed by atoms with Crippen molar-refractivity contribution in [1.29, 1.82) is 0 Å². The highest BCUT2D eigenvalue weighted by molar-refractivity contribution is 6.04. The number of carbonyl (C=O) groups is 1. The second kappa shape index (κ2) is 6.04. The van der Waals surface area contributed by atoms with Gasteiger partial charge in [-0.25, -0.2) is 9.97 Å². The van der Waals surface area contributed by atoms with Gasteiger partial charge in [-0.3, -0.25) is 9.36 Å². The number of aromatic nitrogens is 3. The molecule has 2 heterocycles. The third-order valence-electron chi connectivity index (χ3n) is 3.85. The quantitative estimate of drug-likeness (QED) is 0.806. The maximum absolute atomic E-state index is 12.3. The summed E-state index contributed by atoms with van der Waals surface area (Å²) in [7, 11) is 0. The number of amides is 1. The fourth-order valence-electron chi connectivity index (χ4n) is 2.31. The molecule has 5 nitrogen and oxygen atoms in total. The van der Waals surface area contributed by atoms with E-state index < -0.39 is 0 Å². The van der Waals surface area contributed by atoms with Crippen LogP contribution in [0.5, 0.6) is 0 Å². The third-order valence-corrected chi connectivity index (χ3v) is 3.85. The lowest BCUT2D eigenvalue weighted by atomic mass is 10.1. The maximum atomic E-state index is 12.3. The van der Waals surface area contributed by atoms with Gasteiger partial charge in [0.05, 0.1) is 11.9 Å². The molecule has 0 saturated heterocycles. The van der Waals surface area contributed by atoms with Gasteiger partial charge in [0.1, 0.15) is 11.6 Å². The van der Waals surface area contributed by atoms with Crippen LogP contribution < -0.4 is 5.32 Å². The lowest BCUT2D eigenvalue weighted by molar-refractivity contribution is 0.102. The number of nitrogens with zero attached hydrogens (tertiary/aromatic N) is 3. The van der Waals surface area contributed by atoms with Crippen molar-refractivity contribution in [3.05, 3.63) is 71.4 Å². The predicted octanol–water partition coefficient (Wildman–Crippen LogP) is 3.44. The number of imidazole rings is 1. The van der Waals surface area contributed by atoms with E-state index in [9.17, 15) is 4.79 Å². The van der Waals surface area contributed by atoms with E-state index in [1.54, 1.807) is 12.4 Å². The summed E-state index contributed by atoms with van der Waals surface area (Å²) in [4.78, 5) is 20.8. The SMILES string of the molecule is Cc1ccc(C(=O)Nc2ccc(-n3ccnc3C)nc2)cc1C. The molecule has 0 unspecified atom stereocenters.